The highest BCUT2D eigenvalue weighted by molar-refractivity contribution is 5.73. The van der Waals surface area contributed by atoms with Gasteiger partial charge in [-0.1, -0.05) is 115 Å². The Hall–Kier alpha value is -3.16. The number of benzene rings is 3. The molecule has 2 N–H and O–H groups in total. The average Bonchev–Trinajstić information content (AvgIpc) is 3.86. The summed E-state index contributed by atoms with van der Waals surface area (Å²) in [6.45, 7) is 4.78. The number of hydrogen-bond acceptors (Lipinski definition) is 1. The van der Waals surface area contributed by atoms with Gasteiger partial charge in [0.25, 0.3) is 0 Å². The third-order valence-electron chi connectivity index (χ3n) is 10.2. The Kier molecular flexibility index (Phi) is 8.45. The molecule has 212 valence electrons. The summed E-state index contributed by atoms with van der Waals surface area (Å²) >= 11 is 0. The van der Waals surface area contributed by atoms with E-state index in [1.807, 2.05) is 0 Å². The number of rotatable bonds is 9. The van der Waals surface area contributed by atoms with Crippen molar-refractivity contribution in [1.29, 1.82) is 0 Å². The molecule has 2 saturated carbocycles. The molecule has 0 aromatic heterocycles. The van der Waals surface area contributed by atoms with E-state index in [1.54, 1.807) is 22.3 Å². The zero-order valence-corrected chi connectivity index (χ0v) is 25.2. The third kappa shape index (κ3) is 6.21. The molecule has 0 bridgehead atoms. The first-order valence-electron chi connectivity index (χ1n) is 16.2. The van der Waals surface area contributed by atoms with Crippen LogP contribution in [0.25, 0.3) is 11.1 Å². The van der Waals surface area contributed by atoms with Gasteiger partial charge >= 0.3 is 0 Å². The van der Waals surface area contributed by atoms with Crippen LogP contribution in [0.15, 0.2) is 108 Å². The van der Waals surface area contributed by atoms with E-state index in [1.165, 1.54) is 53.5 Å². The van der Waals surface area contributed by atoms with Crippen molar-refractivity contribution >= 4 is 11.1 Å². The van der Waals surface area contributed by atoms with Gasteiger partial charge in [-0.2, -0.15) is 0 Å². The van der Waals surface area contributed by atoms with Gasteiger partial charge in [-0.25, -0.2) is 0 Å². The van der Waals surface area contributed by atoms with Gasteiger partial charge in [0.15, 0.2) is 0 Å². The Bertz CT molecular complexity index is 1410. The van der Waals surface area contributed by atoms with Crippen LogP contribution in [0.1, 0.15) is 113 Å². The van der Waals surface area contributed by atoms with Crippen molar-refractivity contribution in [2.24, 2.45) is 11.7 Å². The number of nitrogens with two attached hydrogens (primary N) is 1. The summed E-state index contributed by atoms with van der Waals surface area (Å²) in [6.07, 6.45) is 15.6. The molecule has 0 heterocycles. The van der Waals surface area contributed by atoms with E-state index in [0.717, 1.165) is 50.9 Å². The van der Waals surface area contributed by atoms with Crippen LogP contribution >= 0.6 is 0 Å². The standard InChI is InChI=1S/C40H47N/c1-3-36(32-19-20-32)38(31-14-8-5-9-15-31)25-18-29(2)34-16-10-17-37(30-12-6-4-7-13-30)39(28-34)33-21-23-35(24-22-33)40(41)26-11-27-40/h4-9,12-15,17,21-24,32,39H,3,10-11,16,18-20,25-28,41H2,1-2H3. The highest BCUT2D eigenvalue weighted by Gasteiger charge is 2.34. The number of hydrogen-bond donors (Lipinski definition) is 1. The third-order valence-corrected chi connectivity index (χ3v) is 10.2. The van der Waals surface area contributed by atoms with E-state index < -0.39 is 0 Å². The van der Waals surface area contributed by atoms with Gasteiger partial charge in [-0.3, -0.25) is 0 Å². The van der Waals surface area contributed by atoms with Crippen LogP contribution in [0.2, 0.25) is 0 Å². The first-order chi connectivity index (χ1) is 20.1. The van der Waals surface area contributed by atoms with Crippen molar-refractivity contribution in [1.82, 2.24) is 0 Å². The molecule has 41 heavy (non-hydrogen) atoms. The quantitative estimate of drug-likeness (QED) is 0.268. The Morgan fingerprint density at radius 3 is 2.15 bits per heavy atom. The smallest absolute Gasteiger partial charge is 0.0409 e. The van der Waals surface area contributed by atoms with Gasteiger partial charge < -0.3 is 5.73 Å². The van der Waals surface area contributed by atoms with Crippen molar-refractivity contribution in [2.75, 3.05) is 0 Å². The minimum atomic E-state index is -0.108. The predicted molar refractivity (Wildman–Crippen MR) is 175 cm³/mol. The maximum absolute atomic E-state index is 6.69. The van der Waals surface area contributed by atoms with Crippen LogP contribution in [0.3, 0.4) is 0 Å². The maximum atomic E-state index is 6.69. The van der Waals surface area contributed by atoms with Crippen molar-refractivity contribution in [2.45, 2.75) is 95.9 Å². The largest absolute Gasteiger partial charge is 0.321 e. The average molecular weight is 542 g/mol. The van der Waals surface area contributed by atoms with Gasteiger partial charge in [-0.05, 0) is 117 Å². The van der Waals surface area contributed by atoms with Crippen molar-refractivity contribution in [3.8, 4) is 0 Å². The van der Waals surface area contributed by atoms with Crippen LogP contribution in [-0.2, 0) is 5.54 Å². The molecule has 1 unspecified atom stereocenters. The van der Waals surface area contributed by atoms with Gasteiger partial charge in [0, 0.05) is 11.5 Å². The van der Waals surface area contributed by atoms with E-state index in [9.17, 15) is 0 Å². The summed E-state index contributed by atoms with van der Waals surface area (Å²) in [5.41, 5.74) is 20.2. The lowest BCUT2D eigenvalue weighted by molar-refractivity contribution is 0.253. The fraction of sp³-hybridized carbons (Fsp3) is 0.400. The Labute approximate surface area is 248 Å². The molecule has 0 spiro atoms. The predicted octanol–water partition coefficient (Wildman–Crippen LogP) is 10.7. The van der Waals surface area contributed by atoms with E-state index >= 15 is 0 Å². The second kappa shape index (κ2) is 12.4. The van der Waals surface area contributed by atoms with E-state index in [2.05, 4.69) is 105 Å². The van der Waals surface area contributed by atoms with Crippen LogP contribution in [0, 0.1) is 5.92 Å². The summed E-state index contributed by atoms with van der Waals surface area (Å²) in [4.78, 5) is 0. The lowest BCUT2D eigenvalue weighted by atomic mass is 9.72. The molecule has 1 heteroatoms. The van der Waals surface area contributed by atoms with E-state index in [0.29, 0.717) is 5.92 Å². The minimum Gasteiger partial charge on any atom is -0.321 e. The molecule has 3 aromatic rings. The van der Waals surface area contributed by atoms with Crippen molar-refractivity contribution in [3.63, 3.8) is 0 Å². The van der Waals surface area contributed by atoms with Crippen LogP contribution in [0.5, 0.6) is 0 Å². The van der Waals surface area contributed by atoms with Gasteiger partial charge in [0.2, 0.25) is 0 Å². The lowest BCUT2D eigenvalue weighted by Crippen LogP contribution is -2.43. The molecular weight excluding hydrogens is 494 g/mol. The van der Waals surface area contributed by atoms with E-state index in [-0.39, 0.29) is 5.54 Å². The zero-order valence-electron chi connectivity index (χ0n) is 25.2. The summed E-state index contributed by atoms with van der Waals surface area (Å²) < 4.78 is 0. The second-order valence-corrected chi connectivity index (χ2v) is 12.8. The van der Waals surface area contributed by atoms with Crippen molar-refractivity contribution < 1.29 is 0 Å². The molecule has 0 aliphatic heterocycles. The van der Waals surface area contributed by atoms with Crippen molar-refractivity contribution in [3.05, 3.63) is 130 Å². The normalized spacial score (nSPS) is 22.2. The molecule has 1 nitrogen and oxygen atoms in total. The molecule has 6 rings (SSSR count). The van der Waals surface area contributed by atoms with Gasteiger partial charge in [0.1, 0.15) is 0 Å². The second-order valence-electron chi connectivity index (χ2n) is 12.8. The Balaban J connectivity index is 1.29. The van der Waals surface area contributed by atoms with Crippen LogP contribution < -0.4 is 5.73 Å². The Morgan fingerprint density at radius 1 is 0.854 bits per heavy atom. The molecule has 3 aliphatic rings. The summed E-state index contributed by atoms with van der Waals surface area (Å²) in [6, 6.07) is 31.7. The molecule has 0 saturated heterocycles. The van der Waals surface area contributed by atoms with E-state index in [4.69, 9.17) is 5.73 Å². The first kappa shape index (κ1) is 28.0. The monoisotopic (exact) mass is 541 g/mol. The molecule has 0 radical (unpaired) electrons. The van der Waals surface area contributed by atoms with Gasteiger partial charge in [-0.15, -0.1) is 0 Å². The Morgan fingerprint density at radius 2 is 1.54 bits per heavy atom. The minimum absolute atomic E-state index is 0.108. The summed E-state index contributed by atoms with van der Waals surface area (Å²) in [7, 11) is 0. The van der Waals surface area contributed by atoms with Crippen LogP contribution in [0.4, 0.5) is 0 Å². The van der Waals surface area contributed by atoms with Crippen LogP contribution in [-0.4, -0.2) is 0 Å². The molecule has 2 fully saturated rings. The SMILES string of the molecule is CCC(=C(CCC(C)=C1CCC=C(c2ccccc2)C(c2ccc(C3(N)CCC3)cc2)C1)c1ccccc1)C1CC1. The topological polar surface area (TPSA) is 26.0 Å². The first-order valence-corrected chi connectivity index (χ1v) is 16.2. The molecule has 3 aliphatic carbocycles. The summed E-state index contributed by atoms with van der Waals surface area (Å²) in [5.74, 6) is 1.19. The number of allylic oxidation sites excluding steroid dienone is 6. The molecule has 1 atom stereocenters. The maximum Gasteiger partial charge on any atom is 0.0409 e. The highest BCUT2D eigenvalue weighted by atomic mass is 14.8. The molecular formula is C40H47N. The zero-order chi connectivity index (χ0) is 28.2. The fourth-order valence-corrected chi connectivity index (χ4v) is 7.33. The van der Waals surface area contributed by atoms with Gasteiger partial charge in [0.05, 0.1) is 0 Å². The summed E-state index contributed by atoms with van der Waals surface area (Å²) in [5, 5.41) is 0. The molecule has 0 amide bonds. The highest BCUT2D eigenvalue weighted by Crippen LogP contribution is 2.46. The molecule has 3 aromatic carbocycles. The lowest BCUT2D eigenvalue weighted by Gasteiger charge is -2.38. The fourth-order valence-electron chi connectivity index (χ4n) is 7.33.